The lowest BCUT2D eigenvalue weighted by Crippen LogP contribution is -2.40. The van der Waals surface area contributed by atoms with E-state index in [0.717, 1.165) is 18.5 Å². The smallest absolute Gasteiger partial charge is 0.261 e. The molecule has 106 valence electrons. The van der Waals surface area contributed by atoms with Crippen molar-refractivity contribution in [2.75, 3.05) is 13.2 Å². The van der Waals surface area contributed by atoms with E-state index in [2.05, 4.69) is 16.5 Å². The molecule has 6 heteroatoms. The van der Waals surface area contributed by atoms with Gasteiger partial charge in [0.1, 0.15) is 6.61 Å². The molecule has 2 atom stereocenters. The molecule has 3 N–H and O–H groups in total. The Morgan fingerprint density at radius 2 is 2.37 bits per heavy atom. The van der Waals surface area contributed by atoms with Crippen LogP contribution in [0.5, 0.6) is 0 Å². The molecule has 0 radical (unpaired) electrons. The van der Waals surface area contributed by atoms with Gasteiger partial charge in [-0.05, 0) is 30.9 Å². The van der Waals surface area contributed by atoms with Gasteiger partial charge in [0, 0.05) is 30.5 Å². The van der Waals surface area contributed by atoms with Crippen LogP contribution in [0.25, 0.3) is 0 Å². The summed E-state index contributed by atoms with van der Waals surface area (Å²) in [6.07, 6.45) is 1.93. The molecular formula is C13H19F2N3O. The van der Waals surface area contributed by atoms with Crippen LogP contribution in [0.3, 0.4) is 0 Å². The number of nitrogens with one attached hydrogen (secondary N) is 1. The molecule has 2 unspecified atom stereocenters. The van der Waals surface area contributed by atoms with Crippen molar-refractivity contribution in [1.29, 1.82) is 0 Å². The highest BCUT2D eigenvalue weighted by Gasteiger charge is 2.30. The maximum Gasteiger partial charge on any atom is 0.261 e. The third-order valence-corrected chi connectivity index (χ3v) is 3.52. The van der Waals surface area contributed by atoms with E-state index in [-0.39, 0.29) is 18.6 Å². The average Bonchev–Trinajstić information content (AvgIpc) is 2.83. The second-order valence-electron chi connectivity index (χ2n) is 4.72. The molecule has 1 aliphatic rings. The van der Waals surface area contributed by atoms with E-state index >= 15 is 0 Å². The number of hydrogen-bond donors (Lipinski definition) is 2. The Morgan fingerprint density at radius 1 is 1.53 bits per heavy atom. The van der Waals surface area contributed by atoms with Gasteiger partial charge in [-0.1, -0.05) is 6.07 Å². The van der Waals surface area contributed by atoms with Crippen LogP contribution in [0.15, 0.2) is 18.3 Å². The molecule has 0 bridgehead atoms. The topological polar surface area (TPSA) is 60.2 Å². The molecule has 4 nitrogen and oxygen atoms in total. The number of halogens is 2. The molecule has 0 aromatic carbocycles. The molecule has 1 aliphatic carbocycles. The zero-order valence-corrected chi connectivity index (χ0v) is 10.7. The van der Waals surface area contributed by atoms with Crippen LogP contribution in [-0.2, 0) is 11.2 Å². The predicted molar refractivity (Wildman–Crippen MR) is 67.9 cm³/mol. The van der Waals surface area contributed by atoms with Crippen LogP contribution in [0, 0.1) is 0 Å². The number of aryl methyl sites for hydroxylation is 1. The van der Waals surface area contributed by atoms with E-state index in [1.54, 1.807) is 6.20 Å². The standard InChI is InChI=1S/C13H19F2N3O/c14-12(15)8-19-7-5-11(18-16)10-4-3-9-2-1-6-17-13(9)10/h1-2,6,10-12,18H,3-5,7-8,16H2. The quantitative estimate of drug-likeness (QED) is 0.449. The number of nitrogens with two attached hydrogens (primary N) is 1. The van der Waals surface area contributed by atoms with Crippen molar-refractivity contribution in [2.24, 2.45) is 5.84 Å². The van der Waals surface area contributed by atoms with Gasteiger partial charge in [-0.25, -0.2) is 8.78 Å². The zero-order valence-electron chi connectivity index (χ0n) is 10.7. The Morgan fingerprint density at radius 3 is 3.11 bits per heavy atom. The predicted octanol–water partition coefficient (Wildman–Crippen LogP) is 1.62. The van der Waals surface area contributed by atoms with E-state index in [9.17, 15) is 8.78 Å². The number of alkyl halides is 2. The van der Waals surface area contributed by atoms with Crippen molar-refractivity contribution in [3.8, 4) is 0 Å². The number of hydrazine groups is 1. The molecule has 0 fully saturated rings. The number of hydrogen-bond acceptors (Lipinski definition) is 4. The molecule has 1 aromatic heterocycles. The second kappa shape index (κ2) is 6.88. The van der Waals surface area contributed by atoms with E-state index in [1.807, 2.05) is 6.07 Å². The molecule has 1 heterocycles. The Balaban J connectivity index is 1.89. The molecule has 0 saturated heterocycles. The van der Waals surface area contributed by atoms with Gasteiger partial charge in [-0.3, -0.25) is 16.3 Å². The van der Waals surface area contributed by atoms with Gasteiger partial charge in [-0.15, -0.1) is 0 Å². The van der Waals surface area contributed by atoms with Gasteiger partial charge in [-0.2, -0.15) is 0 Å². The number of pyridine rings is 1. The molecule has 0 spiro atoms. The maximum absolute atomic E-state index is 12.0. The summed E-state index contributed by atoms with van der Waals surface area (Å²) in [5, 5.41) is 0. The summed E-state index contributed by atoms with van der Waals surface area (Å²) in [5.41, 5.74) is 5.09. The summed E-state index contributed by atoms with van der Waals surface area (Å²) in [5.74, 6) is 5.80. The maximum atomic E-state index is 12.0. The molecule has 2 rings (SSSR count). The SMILES string of the molecule is NNC(CCOCC(F)F)C1CCc2cccnc21. The van der Waals surface area contributed by atoms with Gasteiger partial charge in [0.25, 0.3) is 6.43 Å². The van der Waals surface area contributed by atoms with Gasteiger partial charge >= 0.3 is 0 Å². The monoisotopic (exact) mass is 271 g/mol. The Hall–Kier alpha value is -1.11. The second-order valence-corrected chi connectivity index (χ2v) is 4.72. The normalized spacial score (nSPS) is 19.7. The number of fused-ring (bicyclic) bond motifs is 1. The Bertz CT molecular complexity index is 403. The third kappa shape index (κ3) is 3.68. The van der Waals surface area contributed by atoms with Gasteiger partial charge in [0.15, 0.2) is 0 Å². The largest absolute Gasteiger partial charge is 0.375 e. The van der Waals surface area contributed by atoms with Crippen LogP contribution >= 0.6 is 0 Å². The summed E-state index contributed by atoms with van der Waals surface area (Å²) < 4.78 is 28.8. The average molecular weight is 271 g/mol. The lowest BCUT2D eigenvalue weighted by atomic mass is 9.95. The zero-order chi connectivity index (χ0) is 13.7. The van der Waals surface area contributed by atoms with Crippen molar-refractivity contribution < 1.29 is 13.5 Å². The lowest BCUT2D eigenvalue weighted by molar-refractivity contribution is 0.0137. The third-order valence-electron chi connectivity index (χ3n) is 3.52. The lowest BCUT2D eigenvalue weighted by Gasteiger charge is -2.22. The number of ether oxygens (including phenoxy) is 1. The minimum absolute atomic E-state index is 0.00817. The van der Waals surface area contributed by atoms with E-state index in [4.69, 9.17) is 10.6 Å². The highest BCUT2D eigenvalue weighted by molar-refractivity contribution is 5.29. The van der Waals surface area contributed by atoms with Crippen molar-refractivity contribution in [3.63, 3.8) is 0 Å². The van der Waals surface area contributed by atoms with Crippen molar-refractivity contribution in [1.82, 2.24) is 10.4 Å². The van der Waals surface area contributed by atoms with Crippen molar-refractivity contribution >= 4 is 0 Å². The molecule has 1 aromatic rings. The van der Waals surface area contributed by atoms with Crippen molar-refractivity contribution in [2.45, 2.75) is 37.6 Å². The minimum Gasteiger partial charge on any atom is -0.375 e. The molecule has 19 heavy (non-hydrogen) atoms. The van der Waals surface area contributed by atoms with Gasteiger partial charge in [0.2, 0.25) is 0 Å². The number of rotatable bonds is 7. The first-order valence-electron chi connectivity index (χ1n) is 6.48. The fourth-order valence-electron chi connectivity index (χ4n) is 2.62. The van der Waals surface area contributed by atoms with Crippen molar-refractivity contribution in [3.05, 3.63) is 29.6 Å². The van der Waals surface area contributed by atoms with E-state index in [1.165, 1.54) is 5.56 Å². The molecule has 0 saturated carbocycles. The van der Waals surface area contributed by atoms with E-state index in [0.29, 0.717) is 6.42 Å². The fraction of sp³-hybridized carbons (Fsp3) is 0.615. The van der Waals surface area contributed by atoms with Crippen LogP contribution in [0.1, 0.15) is 30.0 Å². The van der Waals surface area contributed by atoms with Gasteiger partial charge < -0.3 is 4.74 Å². The summed E-state index contributed by atoms with van der Waals surface area (Å²) in [6.45, 7) is -0.241. The minimum atomic E-state index is -2.42. The highest BCUT2D eigenvalue weighted by atomic mass is 19.3. The molecule has 0 amide bonds. The van der Waals surface area contributed by atoms with Crippen LogP contribution in [0.2, 0.25) is 0 Å². The molecular weight excluding hydrogens is 252 g/mol. The fourth-order valence-corrected chi connectivity index (χ4v) is 2.62. The highest BCUT2D eigenvalue weighted by Crippen LogP contribution is 2.34. The first-order chi connectivity index (χ1) is 9.22. The van der Waals surface area contributed by atoms with Crippen LogP contribution < -0.4 is 11.3 Å². The number of nitrogens with zero attached hydrogens (tertiary/aromatic N) is 1. The van der Waals surface area contributed by atoms with Crippen LogP contribution in [0.4, 0.5) is 8.78 Å². The first kappa shape index (κ1) is 14.3. The first-order valence-corrected chi connectivity index (χ1v) is 6.48. The number of aromatic nitrogens is 1. The Labute approximate surface area is 111 Å². The van der Waals surface area contributed by atoms with E-state index < -0.39 is 13.0 Å². The summed E-state index contributed by atoms with van der Waals surface area (Å²) >= 11 is 0. The summed E-state index contributed by atoms with van der Waals surface area (Å²) in [7, 11) is 0. The molecule has 0 aliphatic heterocycles. The Kier molecular flexibility index (Phi) is 5.18. The van der Waals surface area contributed by atoms with Gasteiger partial charge in [0.05, 0.1) is 0 Å². The summed E-state index contributed by atoms with van der Waals surface area (Å²) in [4.78, 5) is 4.41. The summed E-state index contributed by atoms with van der Waals surface area (Å²) in [6, 6.07) is 4.01. The van der Waals surface area contributed by atoms with Crippen LogP contribution in [-0.4, -0.2) is 30.7 Å².